The van der Waals surface area contributed by atoms with Gasteiger partial charge in [-0.2, -0.15) is 0 Å². The monoisotopic (exact) mass is 796 g/mol. The van der Waals surface area contributed by atoms with Gasteiger partial charge in [0.2, 0.25) is 6.29 Å². The van der Waals surface area contributed by atoms with E-state index in [9.17, 15) is 0 Å². The third-order valence-electron chi connectivity index (χ3n) is 13.9. The van der Waals surface area contributed by atoms with Crippen molar-refractivity contribution >= 4 is 55.2 Å². The summed E-state index contributed by atoms with van der Waals surface area (Å²) in [5.41, 5.74) is 17.4. The molecule has 13 rings (SSSR count). The van der Waals surface area contributed by atoms with Crippen LogP contribution in [0.1, 0.15) is 53.0 Å². The van der Waals surface area contributed by atoms with Crippen LogP contribution in [0.25, 0.3) is 54.7 Å². The summed E-state index contributed by atoms with van der Waals surface area (Å²) < 4.78 is 2.55. The summed E-state index contributed by atoms with van der Waals surface area (Å²) in [6, 6.07) is 62.9. The number of fused-ring (bicyclic) bond motifs is 10. The largest absolute Gasteiger partial charge is 0.346 e. The molecular weight excluding hydrogens is 753 g/mol. The van der Waals surface area contributed by atoms with Gasteiger partial charge in [0.05, 0.1) is 23.0 Å². The zero-order valence-electron chi connectivity index (χ0n) is 34.4. The summed E-state index contributed by atoms with van der Waals surface area (Å²) in [4.78, 5) is 8.24. The van der Waals surface area contributed by atoms with Crippen LogP contribution in [-0.2, 0) is 12.8 Å². The normalized spacial score (nSPS) is 18.6. The van der Waals surface area contributed by atoms with Crippen molar-refractivity contribution in [3.63, 3.8) is 0 Å². The van der Waals surface area contributed by atoms with Gasteiger partial charge in [-0.25, -0.2) is 4.99 Å². The first-order valence-corrected chi connectivity index (χ1v) is 22.2. The van der Waals surface area contributed by atoms with E-state index in [1.807, 2.05) is 0 Å². The lowest BCUT2D eigenvalue weighted by atomic mass is 9.87. The summed E-state index contributed by atoms with van der Waals surface area (Å²) in [6.45, 7) is 0. The van der Waals surface area contributed by atoms with Crippen molar-refractivity contribution in [1.82, 2.24) is 4.57 Å². The smallest absolute Gasteiger partial charge is 0.201 e. The molecule has 2 aliphatic heterocycles. The standard InChI is InChI=1S/C58H44N4/c1-2-17-41(18-3-1)61-53-27-12-10-22-46(53)51-36-50(44-20-6-7-23-48(44)57(51)61)40-33-34-47-45-21-9-13-28-54(45)62(55(47)35-40)58-59-52-26-11-8-24-49(52)56(60-58)39-31-29-38(30-32-39)43-25-14-16-37-15-4-5-19-42(37)43/h1-8,10-12,14-20,22-27,29-36,46,53,58-59H,9,13,21,28H2/t46-,53?,58-/m0/s1. The molecule has 0 saturated heterocycles. The van der Waals surface area contributed by atoms with Crippen molar-refractivity contribution in [2.75, 3.05) is 10.2 Å². The van der Waals surface area contributed by atoms with E-state index in [-0.39, 0.29) is 18.2 Å². The third-order valence-corrected chi connectivity index (χ3v) is 13.9. The number of nitrogens with one attached hydrogen (secondary N) is 1. The fourth-order valence-electron chi connectivity index (χ4n) is 11.2. The Bertz CT molecular complexity index is 3340. The second-order valence-corrected chi connectivity index (χ2v) is 17.3. The first-order chi connectivity index (χ1) is 30.8. The van der Waals surface area contributed by atoms with Crippen LogP contribution >= 0.6 is 0 Å². The molecular formula is C58H44N4. The Kier molecular flexibility index (Phi) is 8.02. The summed E-state index contributed by atoms with van der Waals surface area (Å²) in [7, 11) is 0. The molecule has 1 unspecified atom stereocenters. The van der Waals surface area contributed by atoms with Crippen LogP contribution in [0.3, 0.4) is 0 Å². The fourth-order valence-corrected chi connectivity index (χ4v) is 11.2. The molecule has 3 heterocycles. The Morgan fingerprint density at radius 2 is 1.24 bits per heavy atom. The van der Waals surface area contributed by atoms with Gasteiger partial charge in [-0.1, -0.05) is 164 Å². The Balaban J connectivity index is 0.967. The number of aryl methyl sites for hydroxylation is 1. The van der Waals surface area contributed by atoms with Crippen molar-refractivity contribution in [1.29, 1.82) is 0 Å². The Morgan fingerprint density at radius 1 is 0.532 bits per heavy atom. The molecule has 4 heteroatoms. The summed E-state index contributed by atoms with van der Waals surface area (Å²) in [5.74, 6) is 0.263. The molecule has 1 N–H and O–H groups in total. The number of allylic oxidation sites excluding steroid dienone is 2. The van der Waals surface area contributed by atoms with Gasteiger partial charge in [-0.15, -0.1) is 0 Å². The van der Waals surface area contributed by atoms with Gasteiger partial charge < -0.3 is 14.8 Å². The molecule has 0 bridgehead atoms. The van der Waals surface area contributed by atoms with Crippen molar-refractivity contribution in [3.8, 4) is 22.3 Å². The maximum Gasteiger partial charge on any atom is 0.201 e. The average Bonchev–Trinajstić information content (AvgIpc) is 3.86. The quantitative estimate of drug-likeness (QED) is 0.188. The number of rotatable bonds is 5. The van der Waals surface area contributed by atoms with Crippen LogP contribution in [0.2, 0.25) is 0 Å². The van der Waals surface area contributed by atoms with E-state index in [0.29, 0.717) is 0 Å². The maximum atomic E-state index is 5.68. The zero-order chi connectivity index (χ0) is 40.7. The minimum Gasteiger partial charge on any atom is -0.346 e. The minimum atomic E-state index is -0.298. The number of hydrogen-bond donors (Lipinski definition) is 1. The molecule has 3 atom stereocenters. The van der Waals surface area contributed by atoms with Crippen LogP contribution in [0.4, 0.5) is 17.1 Å². The molecule has 2 aliphatic carbocycles. The van der Waals surface area contributed by atoms with Crippen molar-refractivity contribution < 1.29 is 0 Å². The number of aliphatic imine (C=N–C) groups is 1. The van der Waals surface area contributed by atoms with Gasteiger partial charge in [0.1, 0.15) is 0 Å². The minimum absolute atomic E-state index is 0.226. The Morgan fingerprint density at radius 3 is 2.15 bits per heavy atom. The lowest BCUT2D eigenvalue weighted by Crippen LogP contribution is -2.28. The van der Waals surface area contributed by atoms with Crippen LogP contribution in [0.5, 0.6) is 0 Å². The highest BCUT2D eigenvalue weighted by Crippen LogP contribution is 2.53. The average molecular weight is 797 g/mol. The SMILES string of the molecule is C1=CC2[C@@H](C=C1)c1cc(-c3ccc4c5c(n([C@@H]6N=C(c7ccc(-c8cccc9ccccc89)cc7)c7ccccc7N6)c4c3)CCCC5)c3ccccc3c1N2c1ccccc1. The molecule has 62 heavy (non-hydrogen) atoms. The van der Waals surface area contributed by atoms with E-state index in [1.54, 1.807) is 0 Å². The lowest BCUT2D eigenvalue weighted by molar-refractivity contribution is 0.552. The van der Waals surface area contributed by atoms with E-state index in [2.05, 4.69) is 209 Å². The van der Waals surface area contributed by atoms with Gasteiger partial charge >= 0.3 is 0 Å². The molecule has 0 spiro atoms. The van der Waals surface area contributed by atoms with Gasteiger partial charge in [0, 0.05) is 44.9 Å². The van der Waals surface area contributed by atoms with Crippen molar-refractivity contribution in [2.45, 2.75) is 43.9 Å². The summed E-state index contributed by atoms with van der Waals surface area (Å²) >= 11 is 0. The summed E-state index contributed by atoms with van der Waals surface area (Å²) in [5, 5.41) is 10.4. The molecule has 0 radical (unpaired) electrons. The highest BCUT2D eigenvalue weighted by atomic mass is 15.3. The van der Waals surface area contributed by atoms with Crippen LogP contribution < -0.4 is 10.2 Å². The van der Waals surface area contributed by atoms with Gasteiger partial charge in [0.15, 0.2) is 0 Å². The number of aromatic nitrogens is 1. The highest BCUT2D eigenvalue weighted by molar-refractivity contribution is 6.17. The lowest BCUT2D eigenvalue weighted by Gasteiger charge is -2.29. The number of anilines is 3. The van der Waals surface area contributed by atoms with E-state index >= 15 is 0 Å². The molecule has 4 aliphatic rings. The molecule has 1 aromatic heterocycles. The number of hydrogen-bond acceptors (Lipinski definition) is 3. The molecule has 8 aromatic carbocycles. The molecule has 0 saturated carbocycles. The van der Waals surface area contributed by atoms with E-state index < -0.39 is 0 Å². The predicted octanol–water partition coefficient (Wildman–Crippen LogP) is 14.3. The Hall–Kier alpha value is -7.43. The van der Waals surface area contributed by atoms with E-state index in [1.165, 1.54) is 95.7 Å². The van der Waals surface area contributed by atoms with Crippen molar-refractivity contribution in [2.24, 2.45) is 4.99 Å². The van der Waals surface area contributed by atoms with Gasteiger partial charge in [-0.3, -0.25) is 0 Å². The zero-order valence-corrected chi connectivity index (χ0v) is 34.4. The van der Waals surface area contributed by atoms with Gasteiger partial charge in [0.25, 0.3) is 0 Å². The highest BCUT2D eigenvalue weighted by Gasteiger charge is 2.39. The first-order valence-electron chi connectivity index (χ1n) is 22.2. The van der Waals surface area contributed by atoms with E-state index in [0.717, 1.165) is 35.4 Å². The number of nitrogens with zero attached hydrogens (tertiary/aromatic N) is 3. The maximum absolute atomic E-state index is 5.68. The molecule has 4 nitrogen and oxygen atoms in total. The number of para-hydroxylation sites is 2. The van der Waals surface area contributed by atoms with Crippen LogP contribution in [0, 0.1) is 0 Å². The molecule has 0 fully saturated rings. The third kappa shape index (κ3) is 5.42. The van der Waals surface area contributed by atoms with Crippen LogP contribution in [0.15, 0.2) is 199 Å². The second-order valence-electron chi connectivity index (χ2n) is 17.3. The van der Waals surface area contributed by atoms with Gasteiger partial charge in [-0.05, 0) is 106 Å². The molecule has 0 amide bonds. The van der Waals surface area contributed by atoms with Crippen LogP contribution in [-0.4, -0.2) is 16.3 Å². The topological polar surface area (TPSA) is 32.6 Å². The van der Waals surface area contributed by atoms with E-state index in [4.69, 9.17) is 4.99 Å². The summed E-state index contributed by atoms with van der Waals surface area (Å²) in [6.07, 6.45) is 13.4. The molecule has 9 aromatic rings. The Labute approximate surface area is 361 Å². The number of benzene rings is 8. The first kappa shape index (κ1) is 35.3. The predicted molar refractivity (Wildman–Crippen MR) is 259 cm³/mol. The second kappa shape index (κ2) is 14.1. The van der Waals surface area contributed by atoms with Crippen molar-refractivity contribution in [3.05, 3.63) is 222 Å². The molecule has 296 valence electrons. The fraction of sp³-hybridized carbons (Fsp3) is 0.121.